The smallest absolute Gasteiger partial charge is 0.224 e. The van der Waals surface area contributed by atoms with Crippen molar-refractivity contribution in [2.75, 3.05) is 20.3 Å². The normalized spacial score (nSPS) is 40.4. The molecule has 4 unspecified atom stereocenters. The third-order valence-corrected chi connectivity index (χ3v) is 6.86. The highest BCUT2D eigenvalue weighted by molar-refractivity contribution is 5.84. The topological polar surface area (TPSA) is 119 Å². The van der Waals surface area contributed by atoms with E-state index in [4.69, 9.17) is 15.3 Å². The maximum absolute atomic E-state index is 13.2. The molecule has 0 aromatic rings. The van der Waals surface area contributed by atoms with Crippen molar-refractivity contribution in [3.05, 3.63) is 0 Å². The van der Waals surface area contributed by atoms with Gasteiger partial charge >= 0.3 is 0 Å². The summed E-state index contributed by atoms with van der Waals surface area (Å²) in [5, 5.41) is 11.5. The van der Waals surface area contributed by atoms with Crippen molar-refractivity contribution in [1.29, 1.82) is 0 Å². The van der Waals surface area contributed by atoms with Crippen LogP contribution in [0.5, 0.6) is 0 Å². The first-order chi connectivity index (χ1) is 13.9. The molecule has 0 aromatic carbocycles. The lowest BCUT2D eigenvalue weighted by Gasteiger charge is -2.39. The molecule has 0 aliphatic carbocycles. The minimum absolute atomic E-state index is 0.0348. The number of rotatable bonds is 3. The van der Waals surface area contributed by atoms with Crippen LogP contribution in [0.3, 0.4) is 0 Å². The van der Waals surface area contributed by atoms with Gasteiger partial charge in [-0.05, 0) is 25.7 Å². The Balaban J connectivity index is 3.29. The van der Waals surface area contributed by atoms with Crippen molar-refractivity contribution >= 4 is 18.0 Å². The second kappa shape index (κ2) is 11.3. The fraction of sp³-hybridized carbons (Fsp3) is 0.864. The van der Waals surface area contributed by atoms with Crippen LogP contribution in [-0.4, -0.2) is 66.2 Å². The van der Waals surface area contributed by atoms with Gasteiger partial charge in [0.1, 0.15) is 11.6 Å². The van der Waals surface area contributed by atoms with Gasteiger partial charge in [0.15, 0.2) is 0 Å². The van der Waals surface area contributed by atoms with E-state index >= 15 is 0 Å². The van der Waals surface area contributed by atoms with Crippen molar-refractivity contribution in [3.63, 3.8) is 0 Å². The molecule has 1 rings (SSSR count). The van der Waals surface area contributed by atoms with Gasteiger partial charge in [0, 0.05) is 30.8 Å². The zero-order chi connectivity index (χ0) is 23.2. The Labute approximate surface area is 180 Å². The molecule has 1 amide bonds. The van der Waals surface area contributed by atoms with Crippen LogP contribution in [-0.2, 0) is 23.9 Å². The number of nitrogens with zero attached hydrogens (tertiary/aromatic N) is 1. The number of nitrogens with two attached hydrogens (primary N) is 1. The number of amides is 1. The number of methoxy groups -OCH3 is 1. The molecular formula is C22H40N2O6. The Hall–Kier alpha value is -1.35. The molecule has 8 nitrogen and oxygen atoms in total. The molecule has 30 heavy (non-hydrogen) atoms. The molecule has 8 atom stereocenters. The zero-order valence-electron chi connectivity index (χ0n) is 19.5. The van der Waals surface area contributed by atoms with Crippen LogP contribution >= 0.6 is 0 Å². The first kappa shape index (κ1) is 26.7. The van der Waals surface area contributed by atoms with Crippen LogP contribution in [0.25, 0.3) is 0 Å². The van der Waals surface area contributed by atoms with E-state index in [0.29, 0.717) is 19.3 Å². The third kappa shape index (κ3) is 6.33. The lowest BCUT2D eigenvalue weighted by molar-refractivity contribution is -0.138. The van der Waals surface area contributed by atoms with Gasteiger partial charge in [0.25, 0.3) is 0 Å². The van der Waals surface area contributed by atoms with Gasteiger partial charge in [-0.2, -0.15) is 0 Å². The molecule has 0 radical (unpaired) electrons. The summed E-state index contributed by atoms with van der Waals surface area (Å²) in [6.45, 7) is 11.2. The minimum Gasteiger partial charge on any atom is -0.388 e. The van der Waals surface area contributed by atoms with Crippen molar-refractivity contribution < 1.29 is 29.0 Å². The van der Waals surface area contributed by atoms with E-state index in [1.54, 1.807) is 21.0 Å². The molecule has 1 heterocycles. The van der Waals surface area contributed by atoms with E-state index in [0.717, 1.165) is 5.01 Å². The van der Waals surface area contributed by atoms with Crippen molar-refractivity contribution in [2.45, 2.75) is 72.1 Å². The molecular weight excluding hydrogens is 388 g/mol. The maximum atomic E-state index is 13.2. The predicted molar refractivity (Wildman–Crippen MR) is 113 cm³/mol. The SMILES string of the molecule is CO[C@]1(C)C[C@@H](C)C(=O)C(C)C(N(N)C=O)C(O)COCC(C)C(=O)[C@H](C)C[C@H]1C. The number of aliphatic hydroxyl groups is 1. The molecule has 1 aliphatic heterocycles. The highest BCUT2D eigenvalue weighted by Gasteiger charge is 2.41. The van der Waals surface area contributed by atoms with Crippen molar-refractivity contribution in [1.82, 2.24) is 5.01 Å². The average Bonchev–Trinajstić information content (AvgIpc) is 2.71. The first-order valence-corrected chi connectivity index (χ1v) is 10.8. The molecule has 0 aromatic heterocycles. The summed E-state index contributed by atoms with van der Waals surface area (Å²) in [4.78, 5) is 37.3. The first-order valence-electron chi connectivity index (χ1n) is 10.8. The summed E-state index contributed by atoms with van der Waals surface area (Å²) >= 11 is 0. The number of hydrogen-bond donors (Lipinski definition) is 2. The minimum atomic E-state index is -1.16. The fourth-order valence-electron chi connectivity index (χ4n) is 4.60. The van der Waals surface area contributed by atoms with Gasteiger partial charge in [-0.1, -0.05) is 34.6 Å². The quantitative estimate of drug-likeness (QED) is 0.303. The number of ether oxygens (including phenoxy) is 2. The van der Waals surface area contributed by atoms with E-state index in [1.807, 2.05) is 27.7 Å². The number of carbonyl (C=O) groups excluding carboxylic acids is 3. The highest BCUT2D eigenvalue weighted by Crippen LogP contribution is 2.35. The zero-order valence-corrected chi connectivity index (χ0v) is 19.5. The molecule has 1 saturated heterocycles. The predicted octanol–water partition coefficient (Wildman–Crippen LogP) is 1.58. The van der Waals surface area contributed by atoms with E-state index in [9.17, 15) is 19.5 Å². The summed E-state index contributed by atoms with van der Waals surface area (Å²) in [7, 11) is 1.62. The molecule has 1 aliphatic rings. The molecule has 1 fully saturated rings. The largest absolute Gasteiger partial charge is 0.388 e. The molecule has 0 spiro atoms. The Morgan fingerprint density at radius 3 is 2.23 bits per heavy atom. The average molecular weight is 429 g/mol. The maximum Gasteiger partial charge on any atom is 0.224 e. The third-order valence-electron chi connectivity index (χ3n) is 6.86. The Bertz CT molecular complexity index is 600. The standard InChI is InChI=1S/C22H40N2O6/c1-13-8-16(4)22(6,29-7)9-14(2)21(28)17(5)19(24(23)12-25)18(26)11-30-10-15(3)20(13)27/h12-19,26H,8-11,23H2,1-7H3/t13-,14-,15?,16-,17?,18?,19?,22-/m1/s1. The Morgan fingerprint density at radius 1 is 1.10 bits per heavy atom. The van der Waals surface area contributed by atoms with Crippen molar-refractivity contribution in [2.24, 2.45) is 35.4 Å². The number of aliphatic hydroxyl groups excluding tert-OH is 1. The molecule has 8 heteroatoms. The summed E-state index contributed by atoms with van der Waals surface area (Å²) in [5.41, 5.74) is -0.607. The van der Waals surface area contributed by atoms with Gasteiger partial charge in [-0.3, -0.25) is 19.4 Å². The van der Waals surface area contributed by atoms with E-state index in [-0.39, 0.29) is 42.5 Å². The lowest BCUT2D eigenvalue weighted by atomic mass is 9.74. The number of hydrazine groups is 1. The van der Waals surface area contributed by atoms with Crippen molar-refractivity contribution in [3.8, 4) is 0 Å². The van der Waals surface area contributed by atoms with E-state index in [1.165, 1.54) is 0 Å². The van der Waals surface area contributed by atoms with Gasteiger partial charge in [0.2, 0.25) is 6.41 Å². The van der Waals surface area contributed by atoms with Crippen LogP contribution in [0.1, 0.15) is 54.4 Å². The second-order valence-electron chi connectivity index (χ2n) is 9.30. The number of ketones is 2. The summed E-state index contributed by atoms with van der Waals surface area (Å²) < 4.78 is 11.4. The summed E-state index contributed by atoms with van der Waals surface area (Å²) in [6, 6.07) is -0.932. The van der Waals surface area contributed by atoms with Gasteiger partial charge in [0.05, 0.1) is 31.0 Å². The highest BCUT2D eigenvalue weighted by atomic mass is 16.5. The second-order valence-corrected chi connectivity index (χ2v) is 9.30. The van der Waals surface area contributed by atoms with Gasteiger partial charge in [-0.25, -0.2) is 5.84 Å². The fourth-order valence-corrected chi connectivity index (χ4v) is 4.60. The Kier molecular flexibility index (Phi) is 10.1. The molecule has 0 bridgehead atoms. The van der Waals surface area contributed by atoms with Gasteiger partial charge < -0.3 is 14.6 Å². The Morgan fingerprint density at radius 2 is 1.70 bits per heavy atom. The van der Waals surface area contributed by atoms with Crippen LogP contribution in [0.15, 0.2) is 0 Å². The van der Waals surface area contributed by atoms with Gasteiger partial charge in [-0.15, -0.1) is 0 Å². The van der Waals surface area contributed by atoms with Crippen LogP contribution in [0.2, 0.25) is 0 Å². The van der Waals surface area contributed by atoms with Crippen LogP contribution in [0, 0.1) is 29.6 Å². The number of hydrogen-bond acceptors (Lipinski definition) is 7. The lowest BCUT2D eigenvalue weighted by Crippen LogP contribution is -2.55. The summed E-state index contributed by atoms with van der Waals surface area (Å²) in [5.74, 6) is 4.18. The number of carbonyl (C=O) groups is 3. The van der Waals surface area contributed by atoms with E-state index in [2.05, 4.69) is 0 Å². The molecule has 0 saturated carbocycles. The van der Waals surface area contributed by atoms with Crippen LogP contribution < -0.4 is 5.84 Å². The molecule has 3 N–H and O–H groups in total. The molecule has 174 valence electrons. The van der Waals surface area contributed by atoms with Crippen LogP contribution in [0.4, 0.5) is 0 Å². The monoisotopic (exact) mass is 428 g/mol. The van der Waals surface area contributed by atoms with E-state index < -0.39 is 29.6 Å². The summed E-state index contributed by atoms with van der Waals surface area (Å²) in [6.07, 6.45) is 0.321. The number of Topliss-reactive ketones (excluding diaryl/α,β-unsaturated/α-hetero) is 2.